The minimum absolute atomic E-state index is 0.0161. The van der Waals surface area contributed by atoms with Crippen molar-refractivity contribution in [2.45, 2.75) is 45.2 Å². The Kier molecular flexibility index (Phi) is 5.29. The first-order valence-corrected chi connectivity index (χ1v) is 8.87. The van der Waals surface area contributed by atoms with Gasteiger partial charge in [0.2, 0.25) is 17.6 Å². The average molecular weight is 356 g/mol. The maximum Gasteiger partial charge on any atom is 0.248 e. The van der Waals surface area contributed by atoms with Gasteiger partial charge in [-0.1, -0.05) is 19.1 Å². The second kappa shape index (κ2) is 7.63. The van der Waals surface area contributed by atoms with Crippen LogP contribution in [0.2, 0.25) is 0 Å². The Morgan fingerprint density at radius 1 is 1.19 bits per heavy atom. The molecule has 0 aliphatic heterocycles. The summed E-state index contributed by atoms with van der Waals surface area (Å²) < 4.78 is 0. The smallest absolute Gasteiger partial charge is 0.248 e. The van der Waals surface area contributed by atoms with Crippen molar-refractivity contribution in [3.63, 3.8) is 0 Å². The number of hydrogen-bond donors (Lipinski definition) is 1. The summed E-state index contributed by atoms with van der Waals surface area (Å²) in [5, 5.41) is 12.2. The third kappa shape index (κ3) is 4.07. The monoisotopic (exact) mass is 356 g/mol. The van der Waals surface area contributed by atoms with Crippen LogP contribution in [-0.4, -0.2) is 50.0 Å². The highest BCUT2D eigenvalue weighted by atomic mass is 16.2. The van der Waals surface area contributed by atoms with E-state index in [9.17, 15) is 9.59 Å². The number of carbonyl (C=O) groups is 2. The maximum absolute atomic E-state index is 12.5. The SMILES string of the molecule is CC1CCC(N(C)C(=O)Cn2nnc(-c3ccc(C(N)=O)cc3)n2)CC1. The van der Waals surface area contributed by atoms with Gasteiger partial charge < -0.3 is 10.6 Å². The van der Waals surface area contributed by atoms with Crippen LogP contribution in [0.25, 0.3) is 11.4 Å². The van der Waals surface area contributed by atoms with Crippen molar-refractivity contribution in [2.24, 2.45) is 11.7 Å². The molecule has 1 saturated carbocycles. The highest BCUT2D eigenvalue weighted by molar-refractivity contribution is 5.93. The molecule has 8 nitrogen and oxygen atoms in total. The average Bonchev–Trinajstić information content (AvgIpc) is 3.10. The van der Waals surface area contributed by atoms with E-state index in [1.54, 1.807) is 24.3 Å². The number of aromatic nitrogens is 4. The number of primary amides is 1. The Labute approximate surface area is 152 Å². The molecule has 2 N–H and O–H groups in total. The zero-order valence-corrected chi connectivity index (χ0v) is 15.1. The van der Waals surface area contributed by atoms with Gasteiger partial charge in [0.25, 0.3) is 0 Å². The molecule has 0 unspecified atom stereocenters. The molecule has 0 saturated heterocycles. The zero-order valence-electron chi connectivity index (χ0n) is 15.1. The van der Waals surface area contributed by atoms with Crippen molar-refractivity contribution in [3.8, 4) is 11.4 Å². The fourth-order valence-electron chi connectivity index (χ4n) is 3.28. The summed E-state index contributed by atoms with van der Waals surface area (Å²) in [6, 6.07) is 6.93. The molecule has 0 spiro atoms. The number of nitrogens with zero attached hydrogens (tertiary/aromatic N) is 5. The second-order valence-electron chi connectivity index (χ2n) is 7.00. The van der Waals surface area contributed by atoms with Crippen LogP contribution in [0.15, 0.2) is 24.3 Å². The molecule has 0 atom stereocenters. The van der Waals surface area contributed by atoms with Gasteiger partial charge in [0.15, 0.2) is 0 Å². The van der Waals surface area contributed by atoms with Crippen molar-refractivity contribution < 1.29 is 9.59 Å². The van der Waals surface area contributed by atoms with E-state index in [1.165, 1.54) is 4.80 Å². The van der Waals surface area contributed by atoms with E-state index in [4.69, 9.17) is 5.73 Å². The van der Waals surface area contributed by atoms with Crippen LogP contribution in [0.5, 0.6) is 0 Å². The van der Waals surface area contributed by atoms with Crippen molar-refractivity contribution in [2.75, 3.05) is 7.05 Å². The normalized spacial score (nSPS) is 19.9. The van der Waals surface area contributed by atoms with E-state index in [1.807, 2.05) is 11.9 Å². The number of rotatable bonds is 5. The van der Waals surface area contributed by atoms with Gasteiger partial charge in [-0.15, -0.1) is 10.2 Å². The van der Waals surface area contributed by atoms with E-state index in [2.05, 4.69) is 22.3 Å². The van der Waals surface area contributed by atoms with Gasteiger partial charge in [0, 0.05) is 24.2 Å². The summed E-state index contributed by atoms with van der Waals surface area (Å²) >= 11 is 0. The maximum atomic E-state index is 12.5. The molecule has 1 fully saturated rings. The third-order valence-corrected chi connectivity index (χ3v) is 5.08. The lowest BCUT2D eigenvalue weighted by Gasteiger charge is -2.33. The summed E-state index contributed by atoms with van der Waals surface area (Å²) in [5.41, 5.74) is 6.36. The number of nitrogens with two attached hydrogens (primary N) is 1. The van der Waals surface area contributed by atoms with Gasteiger partial charge in [-0.2, -0.15) is 4.80 Å². The van der Waals surface area contributed by atoms with E-state index in [-0.39, 0.29) is 12.5 Å². The molecule has 138 valence electrons. The predicted octanol–water partition coefficient (Wildman–Crippen LogP) is 1.48. The summed E-state index contributed by atoms with van der Waals surface area (Å²) in [4.78, 5) is 26.7. The van der Waals surface area contributed by atoms with Crippen LogP contribution in [-0.2, 0) is 11.3 Å². The molecule has 1 aliphatic rings. The summed E-state index contributed by atoms with van der Waals surface area (Å²) in [7, 11) is 1.85. The molecule has 1 aromatic heterocycles. The van der Waals surface area contributed by atoms with E-state index in [0.717, 1.165) is 31.6 Å². The first-order chi connectivity index (χ1) is 12.4. The standard InChI is InChI=1S/C18H24N6O2/c1-12-3-9-15(10-4-12)23(2)16(25)11-24-21-18(20-22-24)14-7-5-13(6-8-14)17(19)26/h5-8,12,15H,3-4,9-11H2,1-2H3,(H2,19,26). The Morgan fingerprint density at radius 3 is 2.46 bits per heavy atom. The quantitative estimate of drug-likeness (QED) is 0.873. The number of likely N-dealkylation sites (N-methyl/N-ethyl adjacent to an activating group) is 1. The molecular formula is C18H24N6O2. The number of benzene rings is 1. The Morgan fingerprint density at radius 2 is 1.85 bits per heavy atom. The largest absolute Gasteiger partial charge is 0.366 e. The lowest BCUT2D eigenvalue weighted by molar-refractivity contribution is -0.133. The molecule has 3 rings (SSSR count). The molecular weight excluding hydrogens is 332 g/mol. The van der Waals surface area contributed by atoms with E-state index >= 15 is 0 Å². The van der Waals surface area contributed by atoms with Gasteiger partial charge in [-0.25, -0.2) is 0 Å². The lowest BCUT2D eigenvalue weighted by Crippen LogP contribution is -2.41. The molecule has 2 aromatic rings. The van der Waals surface area contributed by atoms with Crippen LogP contribution < -0.4 is 5.73 Å². The summed E-state index contributed by atoms with van der Waals surface area (Å²) in [6.45, 7) is 2.32. The van der Waals surface area contributed by atoms with Crippen LogP contribution in [0.4, 0.5) is 0 Å². The van der Waals surface area contributed by atoms with Crippen molar-refractivity contribution in [1.29, 1.82) is 0 Å². The zero-order chi connectivity index (χ0) is 18.7. The third-order valence-electron chi connectivity index (χ3n) is 5.08. The topological polar surface area (TPSA) is 107 Å². The van der Waals surface area contributed by atoms with E-state index in [0.29, 0.717) is 23.0 Å². The minimum Gasteiger partial charge on any atom is -0.366 e. The second-order valence-corrected chi connectivity index (χ2v) is 7.00. The fraction of sp³-hybridized carbons (Fsp3) is 0.500. The highest BCUT2D eigenvalue weighted by Crippen LogP contribution is 2.26. The molecule has 2 amide bonds. The molecule has 1 heterocycles. The highest BCUT2D eigenvalue weighted by Gasteiger charge is 2.25. The van der Waals surface area contributed by atoms with Gasteiger partial charge in [0.05, 0.1) is 0 Å². The Hall–Kier alpha value is -2.77. The molecule has 8 heteroatoms. The number of amides is 2. The first kappa shape index (κ1) is 18.0. The van der Waals surface area contributed by atoms with Gasteiger partial charge in [0.1, 0.15) is 6.54 Å². The minimum atomic E-state index is -0.487. The van der Waals surface area contributed by atoms with Crippen molar-refractivity contribution in [3.05, 3.63) is 29.8 Å². The lowest BCUT2D eigenvalue weighted by atomic mass is 9.87. The van der Waals surface area contributed by atoms with Crippen LogP contribution in [0, 0.1) is 5.92 Å². The molecule has 26 heavy (non-hydrogen) atoms. The number of hydrogen-bond acceptors (Lipinski definition) is 5. The van der Waals surface area contributed by atoms with Crippen LogP contribution in [0.3, 0.4) is 0 Å². The van der Waals surface area contributed by atoms with Gasteiger partial charge >= 0.3 is 0 Å². The fourth-order valence-corrected chi connectivity index (χ4v) is 3.28. The Bertz CT molecular complexity index is 777. The number of carbonyl (C=O) groups excluding carboxylic acids is 2. The van der Waals surface area contributed by atoms with Crippen LogP contribution in [0.1, 0.15) is 43.0 Å². The van der Waals surface area contributed by atoms with E-state index < -0.39 is 5.91 Å². The predicted molar refractivity (Wildman–Crippen MR) is 96.0 cm³/mol. The molecule has 1 aliphatic carbocycles. The molecule has 0 radical (unpaired) electrons. The first-order valence-electron chi connectivity index (χ1n) is 8.87. The summed E-state index contributed by atoms with van der Waals surface area (Å²) in [6.07, 6.45) is 4.42. The van der Waals surface area contributed by atoms with Crippen LogP contribution >= 0.6 is 0 Å². The van der Waals surface area contributed by atoms with Crippen molar-refractivity contribution >= 4 is 11.8 Å². The molecule has 0 bridgehead atoms. The van der Waals surface area contributed by atoms with Gasteiger partial charge in [-0.05, 0) is 48.9 Å². The van der Waals surface area contributed by atoms with Gasteiger partial charge in [-0.3, -0.25) is 9.59 Å². The summed E-state index contributed by atoms with van der Waals surface area (Å²) in [5.74, 6) is 0.648. The molecule has 1 aromatic carbocycles. The Balaban J connectivity index is 1.62. The van der Waals surface area contributed by atoms with Crippen molar-refractivity contribution in [1.82, 2.24) is 25.1 Å². The number of tetrazole rings is 1.